The zero-order chi connectivity index (χ0) is 28.3. The number of hydrogen-bond donors (Lipinski definition) is 1. The summed E-state index contributed by atoms with van der Waals surface area (Å²) in [5.74, 6) is 0.565. The summed E-state index contributed by atoms with van der Waals surface area (Å²) in [6.07, 6.45) is 3.13. The number of nitriles is 1. The zero-order valence-corrected chi connectivity index (χ0v) is 21.1. The Balaban J connectivity index is 1.21. The minimum absolute atomic E-state index is 0.0344. The van der Waals surface area contributed by atoms with Crippen molar-refractivity contribution in [3.63, 3.8) is 0 Å². The number of nitrogens with zero attached hydrogens (tertiary/aromatic N) is 8. The fraction of sp³-hybridized carbons (Fsp3) is 0.400. The van der Waals surface area contributed by atoms with Crippen molar-refractivity contribution in [2.45, 2.75) is 25.1 Å². The first-order valence-electron chi connectivity index (χ1n) is 12.5. The molecule has 3 aromatic rings. The van der Waals surface area contributed by atoms with Gasteiger partial charge in [0.1, 0.15) is 24.0 Å². The first-order chi connectivity index (χ1) is 19.2. The van der Waals surface area contributed by atoms with Crippen molar-refractivity contribution in [2.75, 3.05) is 49.1 Å². The van der Waals surface area contributed by atoms with Gasteiger partial charge in [-0.1, -0.05) is 0 Å². The lowest BCUT2D eigenvalue weighted by Gasteiger charge is -2.34. The van der Waals surface area contributed by atoms with Crippen LogP contribution in [0.25, 0.3) is 0 Å². The number of aromatic amines is 1. The molecular formula is C25H24F3N9O3. The van der Waals surface area contributed by atoms with E-state index < -0.39 is 23.3 Å². The van der Waals surface area contributed by atoms with Gasteiger partial charge in [-0.3, -0.25) is 14.6 Å². The Bertz CT molecular complexity index is 1470. The molecule has 3 aromatic heterocycles. The van der Waals surface area contributed by atoms with Gasteiger partial charge in [-0.05, 0) is 18.9 Å². The molecule has 2 aliphatic rings. The topological polar surface area (TPSA) is 144 Å². The lowest BCUT2D eigenvalue weighted by Crippen LogP contribution is -2.49. The highest BCUT2D eigenvalue weighted by atomic mass is 19.4. The molecule has 1 N–H and O–H groups in total. The molecule has 2 saturated heterocycles. The molecule has 2 fully saturated rings. The molecule has 5 rings (SSSR count). The van der Waals surface area contributed by atoms with Crippen LogP contribution in [0.1, 0.15) is 34.3 Å². The molecule has 208 valence electrons. The zero-order valence-electron chi connectivity index (χ0n) is 21.1. The number of pyridine rings is 1. The first-order valence-corrected chi connectivity index (χ1v) is 12.5. The molecule has 0 aromatic carbocycles. The summed E-state index contributed by atoms with van der Waals surface area (Å²) in [4.78, 5) is 42.6. The van der Waals surface area contributed by atoms with Crippen LogP contribution in [0, 0.1) is 11.3 Å². The van der Waals surface area contributed by atoms with E-state index in [2.05, 4.69) is 20.1 Å². The molecule has 12 nitrogen and oxygen atoms in total. The van der Waals surface area contributed by atoms with Gasteiger partial charge in [0.15, 0.2) is 0 Å². The van der Waals surface area contributed by atoms with E-state index in [4.69, 9.17) is 10.00 Å². The maximum Gasteiger partial charge on any atom is 0.423 e. The van der Waals surface area contributed by atoms with Gasteiger partial charge in [-0.15, -0.1) is 0 Å². The minimum Gasteiger partial charge on any atom is -0.490 e. The van der Waals surface area contributed by atoms with Crippen molar-refractivity contribution in [1.82, 2.24) is 30.0 Å². The SMILES string of the molecule is N#Cc1cnc(N2CCN(C(=O)c3cncc(OC[C@@H]4CCCN4c4cn[nH]c(=O)c4C(F)(F)F)c3)CC2)nc1. The Hall–Kier alpha value is -4.74. The molecule has 40 heavy (non-hydrogen) atoms. The van der Waals surface area contributed by atoms with E-state index in [9.17, 15) is 22.8 Å². The predicted molar refractivity (Wildman–Crippen MR) is 135 cm³/mol. The predicted octanol–water partition coefficient (Wildman–Crippen LogP) is 1.86. The number of ether oxygens (including phenoxy) is 1. The Morgan fingerprint density at radius 2 is 1.85 bits per heavy atom. The van der Waals surface area contributed by atoms with E-state index in [1.54, 1.807) is 11.0 Å². The molecule has 15 heteroatoms. The molecule has 1 atom stereocenters. The number of hydrogen-bond acceptors (Lipinski definition) is 10. The number of carbonyl (C=O) groups is 1. The Kier molecular flexibility index (Phi) is 7.50. The van der Waals surface area contributed by atoms with Crippen molar-refractivity contribution in [3.05, 3.63) is 64.1 Å². The van der Waals surface area contributed by atoms with Crippen molar-refractivity contribution in [1.29, 1.82) is 5.26 Å². The van der Waals surface area contributed by atoms with Gasteiger partial charge in [0, 0.05) is 38.9 Å². The standard InChI is InChI=1S/C25H24F3N9O3/c26-25(27,28)21-20(14-33-34-22(21)38)37-3-1-2-18(37)15-40-19-8-17(12-30-13-19)23(39)35-4-6-36(7-5-35)24-31-10-16(9-29)11-32-24/h8,10-14,18H,1-7,15H2,(H,34,38)/t18-/m0/s1. The van der Waals surface area contributed by atoms with Gasteiger partial charge in [0.25, 0.3) is 11.5 Å². The van der Waals surface area contributed by atoms with E-state index in [1.165, 1.54) is 29.7 Å². The number of carbonyl (C=O) groups excluding carboxylic acids is 1. The minimum atomic E-state index is -4.83. The van der Waals surface area contributed by atoms with Gasteiger partial charge in [-0.25, -0.2) is 15.1 Å². The molecule has 5 heterocycles. The largest absolute Gasteiger partial charge is 0.490 e. The lowest BCUT2D eigenvalue weighted by molar-refractivity contribution is -0.138. The summed E-state index contributed by atoms with van der Waals surface area (Å²) >= 11 is 0. The number of amides is 1. The number of H-pyrrole nitrogens is 1. The molecule has 0 unspecified atom stereocenters. The Morgan fingerprint density at radius 1 is 1.10 bits per heavy atom. The number of halogens is 3. The quantitative estimate of drug-likeness (QED) is 0.479. The van der Waals surface area contributed by atoms with Crippen LogP contribution in [-0.4, -0.2) is 81.3 Å². The van der Waals surface area contributed by atoms with Crippen LogP contribution in [0.3, 0.4) is 0 Å². The number of aromatic nitrogens is 5. The van der Waals surface area contributed by atoms with Gasteiger partial charge < -0.3 is 19.4 Å². The monoisotopic (exact) mass is 555 g/mol. The van der Waals surface area contributed by atoms with Crippen molar-refractivity contribution >= 4 is 17.5 Å². The molecule has 0 radical (unpaired) electrons. The fourth-order valence-corrected chi connectivity index (χ4v) is 4.85. The van der Waals surface area contributed by atoms with Crippen LogP contribution in [0.4, 0.5) is 24.8 Å². The number of rotatable bonds is 6. The fourth-order valence-electron chi connectivity index (χ4n) is 4.85. The normalized spacial score (nSPS) is 17.6. The van der Waals surface area contributed by atoms with Crippen molar-refractivity contribution < 1.29 is 22.7 Å². The Morgan fingerprint density at radius 3 is 2.55 bits per heavy atom. The molecular weight excluding hydrogens is 531 g/mol. The van der Waals surface area contributed by atoms with E-state index in [0.29, 0.717) is 68.4 Å². The third-order valence-corrected chi connectivity index (χ3v) is 6.83. The molecule has 1 amide bonds. The summed E-state index contributed by atoms with van der Waals surface area (Å²) in [6, 6.07) is 3.10. The molecule has 0 spiro atoms. The second kappa shape index (κ2) is 11.2. The van der Waals surface area contributed by atoms with Gasteiger partial charge in [0.05, 0.1) is 47.6 Å². The summed E-state index contributed by atoms with van der Waals surface area (Å²) in [7, 11) is 0. The first kappa shape index (κ1) is 26.9. The highest BCUT2D eigenvalue weighted by Gasteiger charge is 2.40. The van der Waals surface area contributed by atoms with E-state index in [-0.39, 0.29) is 18.2 Å². The van der Waals surface area contributed by atoms with Crippen molar-refractivity contribution in [2.24, 2.45) is 0 Å². The molecule has 2 aliphatic heterocycles. The van der Waals surface area contributed by atoms with Gasteiger partial charge in [-0.2, -0.15) is 23.5 Å². The van der Waals surface area contributed by atoms with Crippen LogP contribution < -0.4 is 20.1 Å². The van der Waals surface area contributed by atoms with Gasteiger partial charge >= 0.3 is 6.18 Å². The molecule has 0 aliphatic carbocycles. The second-order valence-electron chi connectivity index (χ2n) is 9.33. The highest BCUT2D eigenvalue weighted by molar-refractivity contribution is 5.94. The highest BCUT2D eigenvalue weighted by Crippen LogP contribution is 2.36. The smallest absolute Gasteiger partial charge is 0.423 e. The maximum absolute atomic E-state index is 13.6. The van der Waals surface area contributed by atoms with Crippen LogP contribution in [0.2, 0.25) is 0 Å². The van der Waals surface area contributed by atoms with Crippen LogP contribution in [0.5, 0.6) is 5.75 Å². The third-order valence-electron chi connectivity index (χ3n) is 6.83. The van der Waals surface area contributed by atoms with Crippen molar-refractivity contribution in [3.8, 4) is 11.8 Å². The average Bonchev–Trinajstić information content (AvgIpc) is 3.44. The average molecular weight is 556 g/mol. The molecule has 0 bridgehead atoms. The van der Waals surface area contributed by atoms with Crippen LogP contribution >= 0.6 is 0 Å². The second-order valence-corrected chi connectivity index (χ2v) is 9.33. The number of nitrogens with one attached hydrogen (secondary N) is 1. The van der Waals surface area contributed by atoms with Gasteiger partial charge in [0.2, 0.25) is 5.95 Å². The summed E-state index contributed by atoms with van der Waals surface area (Å²) in [5, 5.41) is 14.3. The van der Waals surface area contributed by atoms with E-state index >= 15 is 0 Å². The summed E-state index contributed by atoms with van der Waals surface area (Å²) in [5.41, 5.74) is -2.17. The lowest BCUT2D eigenvalue weighted by atomic mass is 10.2. The third kappa shape index (κ3) is 5.65. The number of alkyl halides is 3. The van der Waals surface area contributed by atoms with Crippen LogP contribution in [-0.2, 0) is 6.18 Å². The maximum atomic E-state index is 13.6. The Labute approximate surface area is 226 Å². The van der Waals surface area contributed by atoms with Crippen LogP contribution in [0.15, 0.2) is 41.8 Å². The number of piperazine rings is 1. The van der Waals surface area contributed by atoms with E-state index in [0.717, 1.165) is 6.20 Å². The number of anilines is 2. The summed E-state index contributed by atoms with van der Waals surface area (Å²) in [6.45, 7) is 2.23. The summed E-state index contributed by atoms with van der Waals surface area (Å²) < 4.78 is 46.6. The van der Waals surface area contributed by atoms with E-state index in [1.807, 2.05) is 16.1 Å². The molecule has 0 saturated carbocycles.